The van der Waals surface area contributed by atoms with Gasteiger partial charge in [-0.2, -0.15) is 0 Å². The number of imide groups is 1. The van der Waals surface area contributed by atoms with Gasteiger partial charge in [0.05, 0.1) is 28.5 Å². The third-order valence-corrected chi connectivity index (χ3v) is 9.78. The van der Waals surface area contributed by atoms with Crippen molar-refractivity contribution >= 4 is 29.7 Å². The van der Waals surface area contributed by atoms with Gasteiger partial charge in [-0.05, 0) is 56.0 Å². The van der Waals surface area contributed by atoms with E-state index in [4.69, 9.17) is 9.57 Å². The third kappa shape index (κ3) is 6.13. The van der Waals surface area contributed by atoms with Gasteiger partial charge in [-0.25, -0.2) is 4.79 Å². The lowest BCUT2D eigenvalue weighted by Crippen LogP contribution is -2.43. The highest BCUT2D eigenvalue weighted by Crippen LogP contribution is 2.52. The number of nitrogens with zero attached hydrogens (tertiary/aromatic N) is 2. The van der Waals surface area contributed by atoms with Gasteiger partial charge in [0.1, 0.15) is 5.60 Å². The number of amides is 3. The molecule has 2 atom stereocenters. The lowest BCUT2D eigenvalue weighted by molar-refractivity contribution is -0.104. The van der Waals surface area contributed by atoms with Crippen molar-refractivity contribution in [3.05, 3.63) is 143 Å². The summed E-state index contributed by atoms with van der Waals surface area (Å²) in [6.07, 6.45) is 0.118. The summed E-state index contributed by atoms with van der Waals surface area (Å²) >= 11 is 1.80. The van der Waals surface area contributed by atoms with Crippen LogP contribution in [0.15, 0.2) is 115 Å². The predicted octanol–water partition coefficient (Wildman–Crippen LogP) is 7.32. The summed E-state index contributed by atoms with van der Waals surface area (Å²) in [7, 11) is 0. The molecule has 1 saturated heterocycles. The van der Waals surface area contributed by atoms with Crippen molar-refractivity contribution in [3.8, 4) is 0 Å². The van der Waals surface area contributed by atoms with Crippen LogP contribution < -0.4 is 0 Å². The molecule has 0 aromatic heterocycles. The molecule has 4 aromatic carbocycles. The van der Waals surface area contributed by atoms with Gasteiger partial charge in [-0.3, -0.25) is 14.4 Å². The van der Waals surface area contributed by atoms with Crippen molar-refractivity contribution in [2.45, 2.75) is 48.8 Å². The van der Waals surface area contributed by atoms with E-state index >= 15 is 0 Å². The first-order chi connectivity index (χ1) is 21.7. The molecule has 0 N–H and O–H groups in total. The highest BCUT2D eigenvalue weighted by molar-refractivity contribution is 8.01. The second-order valence-corrected chi connectivity index (χ2v) is 13.8. The zero-order chi connectivity index (χ0) is 31.6. The van der Waals surface area contributed by atoms with E-state index in [1.54, 1.807) is 40.9 Å². The van der Waals surface area contributed by atoms with Crippen molar-refractivity contribution in [2.24, 2.45) is 0 Å². The number of carbonyl (C=O) groups excluding carboxylic acids is 3. The molecule has 7 nitrogen and oxygen atoms in total. The number of benzene rings is 4. The molecule has 0 aliphatic carbocycles. The van der Waals surface area contributed by atoms with Gasteiger partial charge in [0.25, 0.3) is 11.8 Å². The fourth-order valence-corrected chi connectivity index (χ4v) is 7.95. The van der Waals surface area contributed by atoms with Crippen molar-refractivity contribution in [1.29, 1.82) is 0 Å². The topological polar surface area (TPSA) is 76.2 Å². The summed E-state index contributed by atoms with van der Waals surface area (Å²) in [5.41, 5.74) is 3.30. The second-order valence-electron chi connectivity index (χ2n) is 12.3. The van der Waals surface area contributed by atoms with E-state index in [-0.39, 0.29) is 11.9 Å². The van der Waals surface area contributed by atoms with Crippen LogP contribution in [0.1, 0.15) is 64.6 Å². The molecule has 4 aromatic rings. The number of thioether (sulfide) groups is 1. The van der Waals surface area contributed by atoms with Gasteiger partial charge in [0, 0.05) is 11.8 Å². The highest BCUT2D eigenvalue weighted by Gasteiger charge is 2.46. The van der Waals surface area contributed by atoms with Gasteiger partial charge < -0.3 is 9.64 Å². The Kier molecular flexibility index (Phi) is 8.53. The second kappa shape index (κ2) is 12.5. The van der Waals surface area contributed by atoms with Crippen LogP contribution in [0.3, 0.4) is 0 Å². The van der Waals surface area contributed by atoms with Crippen LogP contribution in [-0.4, -0.2) is 57.9 Å². The molecule has 8 heteroatoms. The number of fused-ring (bicyclic) bond motifs is 1. The van der Waals surface area contributed by atoms with Crippen molar-refractivity contribution < 1.29 is 24.0 Å². The molecular weight excluding hydrogens is 584 g/mol. The van der Waals surface area contributed by atoms with Gasteiger partial charge >= 0.3 is 6.09 Å². The molecule has 0 spiro atoms. The fourth-order valence-electron chi connectivity index (χ4n) is 6.08. The minimum absolute atomic E-state index is 0.0310. The molecule has 230 valence electrons. The number of hydrogen-bond donors (Lipinski definition) is 0. The van der Waals surface area contributed by atoms with Crippen LogP contribution in [-0.2, 0) is 14.3 Å². The SMILES string of the molecule is CC(C)(C)OC(=O)N1C[C@@H](SC(c2ccccc2)(c2ccccc2)c2ccccc2)C[C@@H]1CON1C(=O)c2ccccc2C1=O. The third-order valence-electron chi connectivity index (χ3n) is 8.04. The lowest BCUT2D eigenvalue weighted by atomic mass is 9.84. The number of likely N-dealkylation sites (tertiary alicyclic amines) is 1. The molecule has 1 fully saturated rings. The Balaban J connectivity index is 1.33. The Bertz CT molecular complexity index is 1540. The fraction of sp³-hybridized carbons (Fsp3) is 0.270. The Morgan fingerprint density at radius 3 is 1.62 bits per heavy atom. The van der Waals surface area contributed by atoms with Crippen LogP contribution in [0.5, 0.6) is 0 Å². The molecule has 2 heterocycles. The largest absolute Gasteiger partial charge is 0.444 e. The smallest absolute Gasteiger partial charge is 0.410 e. The number of rotatable bonds is 8. The first kappa shape index (κ1) is 30.6. The van der Waals surface area contributed by atoms with E-state index < -0.39 is 34.3 Å². The van der Waals surface area contributed by atoms with E-state index in [9.17, 15) is 14.4 Å². The Hall–Kier alpha value is -4.40. The lowest BCUT2D eigenvalue weighted by Gasteiger charge is -2.37. The number of ether oxygens (including phenoxy) is 1. The van der Waals surface area contributed by atoms with Crippen molar-refractivity contribution in [1.82, 2.24) is 9.96 Å². The van der Waals surface area contributed by atoms with Crippen LogP contribution in [0.2, 0.25) is 0 Å². The van der Waals surface area contributed by atoms with Crippen LogP contribution in [0.4, 0.5) is 4.79 Å². The molecule has 2 aliphatic heterocycles. The summed E-state index contributed by atoms with van der Waals surface area (Å²) < 4.78 is 5.25. The molecule has 0 radical (unpaired) electrons. The van der Waals surface area contributed by atoms with Crippen LogP contribution in [0.25, 0.3) is 0 Å². The maximum Gasteiger partial charge on any atom is 0.410 e. The van der Waals surface area contributed by atoms with Gasteiger partial charge in [-0.1, -0.05) is 103 Å². The Morgan fingerprint density at radius 2 is 1.18 bits per heavy atom. The number of hydrogen-bond acceptors (Lipinski definition) is 6. The van der Waals surface area contributed by atoms with E-state index in [1.807, 2.05) is 39.0 Å². The molecule has 45 heavy (non-hydrogen) atoms. The molecule has 2 aliphatic rings. The van der Waals surface area contributed by atoms with Crippen molar-refractivity contribution in [2.75, 3.05) is 13.2 Å². The molecule has 0 bridgehead atoms. The molecule has 6 rings (SSSR count). The summed E-state index contributed by atoms with van der Waals surface area (Å²) in [6.45, 7) is 5.88. The minimum Gasteiger partial charge on any atom is -0.444 e. The van der Waals surface area contributed by atoms with Gasteiger partial charge in [0.2, 0.25) is 0 Å². The van der Waals surface area contributed by atoms with Crippen LogP contribution >= 0.6 is 11.8 Å². The van der Waals surface area contributed by atoms with Gasteiger partial charge in [0.15, 0.2) is 0 Å². The van der Waals surface area contributed by atoms with E-state index in [0.717, 1.165) is 21.8 Å². The number of hydroxylamine groups is 2. The monoisotopic (exact) mass is 620 g/mol. The van der Waals surface area contributed by atoms with Crippen molar-refractivity contribution in [3.63, 3.8) is 0 Å². The first-order valence-electron chi connectivity index (χ1n) is 15.1. The van der Waals surface area contributed by atoms with E-state index in [2.05, 4.69) is 72.8 Å². The van der Waals surface area contributed by atoms with E-state index in [1.165, 1.54) is 0 Å². The molecule has 0 unspecified atom stereocenters. The molecule has 0 saturated carbocycles. The van der Waals surface area contributed by atoms with Gasteiger partial charge in [-0.15, -0.1) is 16.8 Å². The average molecular weight is 621 g/mol. The normalized spacial score (nSPS) is 18.3. The summed E-state index contributed by atoms with van der Waals surface area (Å²) in [4.78, 5) is 47.2. The predicted molar refractivity (Wildman–Crippen MR) is 175 cm³/mol. The minimum atomic E-state index is -0.696. The standard InChI is InChI=1S/C37H36N2O5S/c1-36(2,3)44-35(42)38-24-30(23-29(38)25-43-39-33(40)31-21-13-14-22-32(31)34(39)41)45-37(26-15-7-4-8-16-26,27-17-9-5-10-18-27)28-19-11-6-12-20-28/h4-22,29-30H,23-25H2,1-3H3/t29-,30+/m1/s1. The van der Waals surface area contributed by atoms with E-state index in [0.29, 0.717) is 24.1 Å². The Morgan fingerprint density at radius 1 is 0.733 bits per heavy atom. The number of carbonyl (C=O) groups is 3. The summed E-state index contributed by atoms with van der Waals surface area (Å²) in [6, 6.07) is 37.5. The quantitative estimate of drug-likeness (QED) is 0.152. The maximum atomic E-state index is 13.6. The molecule has 3 amide bonds. The average Bonchev–Trinajstić information content (AvgIpc) is 3.56. The maximum absolute atomic E-state index is 13.6. The zero-order valence-electron chi connectivity index (χ0n) is 25.6. The summed E-state index contributed by atoms with van der Waals surface area (Å²) in [5.74, 6) is -1.00. The molecular formula is C37H36N2O5S. The zero-order valence-corrected chi connectivity index (χ0v) is 26.4. The Labute approximate surface area is 268 Å². The highest BCUT2D eigenvalue weighted by atomic mass is 32.2. The summed E-state index contributed by atoms with van der Waals surface area (Å²) in [5, 5.41) is 0.787. The first-order valence-corrected chi connectivity index (χ1v) is 16.0. The van der Waals surface area contributed by atoms with Crippen LogP contribution in [0, 0.1) is 0 Å².